The second kappa shape index (κ2) is 7.55. The fourth-order valence-electron chi connectivity index (χ4n) is 3.72. The lowest BCUT2D eigenvalue weighted by Crippen LogP contribution is -2.36. The van der Waals surface area contributed by atoms with Gasteiger partial charge < -0.3 is 10.2 Å². The van der Waals surface area contributed by atoms with Crippen LogP contribution < -0.4 is 5.32 Å². The molecule has 1 aromatic heterocycles. The molecule has 1 aromatic carbocycles. The second-order valence-corrected chi connectivity index (χ2v) is 7.57. The average Bonchev–Trinajstić information content (AvgIpc) is 3.49. The molecule has 1 fully saturated rings. The van der Waals surface area contributed by atoms with Crippen molar-refractivity contribution in [3.05, 3.63) is 47.2 Å². The third-order valence-corrected chi connectivity index (χ3v) is 5.48. The molecule has 1 aliphatic heterocycles. The molecule has 1 saturated carbocycles. The van der Waals surface area contributed by atoms with Crippen LogP contribution in [0.1, 0.15) is 42.5 Å². The number of nitrogens with zero attached hydrogens (tertiary/aromatic N) is 3. The van der Waals surface area contributed by atoms with Gasteiger partial charge >= 0.3 is 0 Å². The first-order valence-corrected chi connectivity index (χ1v) is 9.79. The van der Waals surface area contributed by atoms with Crippen LogP contribution in [-0.4, -0.2) is 33.0 Å². The number of amides is 2. The number of carbonyl (C=O) groups is 2. The van der Waals surface area contributed by atoms with Crippen LogP contribution in [0.25, 0.3) is 0 Å². The molecule has 1 N–H and O–H groups in total. The zero-order chi connectivity index (χ0) is 18.8. The summed E-state index contributed by atoms with van der Waals surface area (Å²) in [6.07, 6.45) is 5.03. The van der Waals surface area contributed by atoms with Crippen molar-refractivity contribution in [2.75, 3.05) is 11.9 Å². The van der Waals surface area contributed by atoms with Gasteiger partial charge in [-0.1, -0.05) is 30.3 Å². The number of benzene rings is 1. The van der Waals surface area contributed by atoms with Gasteiger partial charge in [0, 0.05) is 43.6 Å². The number of aromatic nitrogens is 2. The summed E-state index contributed by atoms with van der Waals surface area (Å²) in [4.78, 5) is 26.7. The van der Waals surface area contributed by atoms with Crippen molar-refractivity contribution >= 4 is 17.6 Å². The minimum absolute atomic E-state index is 0.0576. The predicted octanol–water partition coefficient (Wildman–Crippen LogP) is 2.68. The van der Waals surface area contributed by atoms with E-state index in [1.807, 2.05) is 34.8 Å². The molecule has 27 heavy (non-hydrogen) atoms. The van der Waals surface area contributed by atoms with Gasteiger partial charge in [0.25, 0.3) is 0 Å². The summed E-state index contributed by atoms with van der Waals surface area (Å²) in [5.74, 6) is 1.01. The van der Waals surface area contributed by atoms with Gasteiger partial charge in [-0.05, 0) is 31.2 Å². The van der Waals surface area contributed by atoms with Crippen LogP contribution in [0.15, 0.2) is 30.3 Å². The van der Waals surface area contributed by atoms with Crippen molar-refractivity contribution in [2.24, 2.45) is 13.0 Å². The molecule has 2 heterocycles. The Hall–Kier alpha value is -2.63. The van der Waals surface area contributed by atoms with Crippen LogP contribution in [0.5, 0.6) is 0 Å². The fourth-order valence-corrected chi connectivity index (χ4v) is 3.72. The van der Waals surface area contributed by atoms with Gasteiger partial charge in [-0.3, -0.25) is 14.3 Å². The molecule has 2 aliphatic rings. The number of hydrogen-bond donors (Lipinski definition) is 1. The van der Waals surface area contributed by atoms with Gasteiger partial charge in [0.2, 0.25) is 11.8 Å². The molecule has 0 bridgehead atoms. The lowest BCUT2D eigenvalue weighted by atomic mass is 10.0. The predicted molar refractivity (Wildman–Crippen MR) is 103 cm³/mol. The molecule has 0 saturated heterocycles. The molecular weight excluding hydrogens is 340 g/mol. The number of nitrogens with one attached hydrogen (secondary N) is 1. The van der Waals surface area contributed by atoms with Crippen LogP contribution in [0.2, 0.25) is 0 Å². The first-order chi connectivity index (χ1) is 13.1. The summed E-state index contributed by atoms with van der Waals surface area (Å²) in [5, 5.41) is 7.45. The Balaban J connectivity index is 1.36. The van der Waals surface area contributed by atoms with Crippen LogP contribution in [0.3, 0.4) is 0 Å². The largest absolute Gasteiger partial charge is 0.338 e. The van der Waals surface area contributed by atoms with Crippen molar-refractivity contribution in [1.29, 1.82) is 0 Å². The van der Waals surface area contributed by atoms with Gasteiger partial charge in [-0.25, -0.2) is 0 Å². The Morgan fingerprint density at radius 3 is 2.74 bits per heavy atom. The SMILES string of the molecule is Cn1nc(NC(=O)C2CC2)c2c1CCN(C(=O)CCCc1ccccc1)C2. The quantitative estimate of drug-likeness (QED) is 0.855. The Morgan fingerprint density at radius 2 is 2.00 bits per heavy atom. The van der Waals surface area contributed by atoms with Crippen LogP contribution >= 0.6 is 0 Å². The minimum atomic E-state index is 0.0576. The van der Waals surface area contributed by atoms with Gasteiger partial charge in [-0.15, -0.1) is 0 Å². The molecule has 2 amide bonds. The summed E-state index contributed by atoms with van der Waals surface area (Å²) in [6.45, 7) is 1.25. The van der Waals surface area contributed by atoms with Crippen LogP contribution in [0, 0.1) is 5.92 Å². The standard InChI is InChI=1S/C21H26N4O2/c1-24-18-12-13-25(19(26)9-5-8-15-6-3-2-4-7-15)14-17(18)20(23-24)22-21(27)16-10-11-16/h2-4,6-7,16H,5,8-14H2,1H3,(H,22,23,27). The highest BCUT2D eigenvalue weighted by atomic mass is 16.2. The zero-order valence-electron chi connectivity index (χ0n) is 15.8. The zero-order valence-corrected chi connectivity index (χ0v) is 15.8. The Morgan fingerprint density at radius 1 is 1.22 bits per heavy atom. The van der Waals surface area contributed by atoms with E-state index in [0.29, 0.717) is 25.3 Å². The van der Waals surface area contributed by atoms with Crippen molar-refractivity contribution in [2.45, 2.75) is 45.1 Å². The molecule has 6 nitrogen and oxygen atoms in total. The summed E-state index contributed by atoms with van der Waals surface area (Å²) in [5.41, 5.74) is 3.38. The highest BCUT2D eigenvalue weighted by Gasteiger charge is 2.32. The van der Waals surface area contributed by atoms with E-state index >= 15 is 0 Å². The maximum absolute atomic E-state index is 12.7. The van der Waals surface area contributed by atoms with Gasteiger partial charge in [0.15, 0.2) is 5.82 Å². The Labute approximate surface area is 159 Å². The number of rotatable bonds is 6. The molecule has 0 atom stereocenters. The van der Waals surface area contributed by atoms with Crippen molar-refractivity contribution in [3.63, 3.8) is 0 Å². The second-order valence-electron chi connectivity index (χ2n) is 7.57. The summed E-state index contributed by atoms with van der Waals surface area (Å²) in [6, 6.07) is 10.3. The van der Waals surface area contributed by atoms with E-state index in [2.05, 4.69) is 22.5 Å². The summed E-state index contributed by atoms with van der Waals surface area (Å²) >= 11 is 0. The molecule has 142 valence electrons. The normalized spacial score (nSPS) is 16.1. The van der Waals surface area contributed by atoms with E-state index in [4.69, 9.17) is 0 Å². The van der Waals surface area contributed by atoms with E-state index in [1.165, 1.54) is 5.56 Å². The number of anilines is 1. The molecule has 0 unspecified atom stereocenters. The smallest absolute Gasteiger partial charge is 0.228 e. The van der Waals surface area contributed by atoms with E-state index < -0.39 is 0 Å². The maximum atomic E-state index is 12.7. The molecular formula is C21H26N4O2. The third kappa shape index (κ3) is 4.04. The van der Waals surface area contributed by atoms with Gasteiger partial charge in [0.05, 0.1) is 6.54 Å². The molecule has 1 aliphatic carbocycles. The molecule has 2 aromatic rings. The van der Waals surface area contributed by atoms with Crippen molar-refractivity contribution in [3.8, 4) is 0 Å². The molecule has 0 spiro atoms. The van der Waals surface area contributed by atoms with Crippen LogP contribution in [0.4, 0.5) is 5.82 Å². The molecule has 0 radical (unpaired) electrons. The third-order valence-electron chi connectivity index (χ3n) is 5.48. The number of fused-ring (bicyclic) bond motifs is 1. The first kappa shape index (κ1) is 17.8. The Bertz CT molecular complexity index is 839. The average molecular weight is 366 g/mol. The van der Waals surface area contributed by atoms with Crippen LogP contribution in [-0.2, 0) is 36.0 Å². The van der Waals surface area contributed by atoms with E-state index in [9.17, 15) is 9.59 Å². The number of hydrogen-bond acceptors (Lipinski definition) is 3. The summed E-state index contributed by atoms with van der Waals surface area (Å²) in [7, 11) is 1.91. The van der Waals surface area contributed by atoms with Crippen molar-refractivity contribution < 1.29 is 9.59 Å². The lowest BCUT2D eigenvalue weighted by molar-refractivity contribution is -0.132. The topological polar surface area (TPSA) is 67.2 Å². The number of carbonyl (C=O) groups excluding carboxylic acids is 2. The lowest BCUT2D eigenvalue weighted by Gasteiger charge is -2.27. The molecule has 6 heteroatoms. The highest BCUT2D eigenvalue weighted by Crippen LogP contribution is 2.32. The van der Waals surface area contributed by atoms with E-state index in [-0.39, 0.29) is 17.7 Å². The van der Waals surface area contributed by atoms with Crippen molar-refractivity contribution in [1.82, 2.24) is 14.7 Å². The number of aryl methyl sites for hydroxylation is 2. The van der Waals surface area contributed by atoms with Gasteiger partial charge in [0.1, 0.15) is 0 Å². The summed E-state index contributed by atoms with van der Waals surface area (Å²) < 4.78 is 1.84. The highest BCUT2D eigenvalue weighted by molar-refractivity contribution is 5.94. The fraction of sp³-hybridized carbons (Fsp3) is 0.476. The minimum Gasteiger partial charge on any atom is -0.338 e. The van der Waals surface area contributed by atoms with E-state index in [0.717, 1.165) is 43.4 Å². The van der Waals surface area contributed by atoms with Gasteiger partial charge in [-0.2, -0.15) is 5.10 Å². The Kier molecular flexibility index (Phi) is 4.97. The first-order valence-electron chi connectivity index (χ1n) is 9.79. The maximum Gasteiger partial charge on any atom is 0.228 e. The monoisotopic (exact) mass is 366 g/mol. The van der Waals surface area contributed by atoms with E-state index in [1.54, 1.807) is 0 Å². The molecule has 4 rings (SSSR count).